The quantitative estimate of drug-likeness (QED) is 0.274. The summed E-state index contributed by atoms with van der Waals surface area (Å²) in [4.78, 5) is 43.7. The molecule has 0 saturated carbocycles. The monoisotopic (exact) mass is 543 g/mol. The number of carbonyl (C=O) groups excluding carboxylic acids is 2. The Kier molecular flexibility index (Phi) is 9.30. The van der Waals surface area contributed by atoms with Crippen LogP contribution in [0.2, 0.25) is 0 Å². The van der Waals surface area contributed by atoms with Crippen molar-refractivity contribution >= 4 is 17.8 Å². The highest BCUT2D eigenvalue weighted by atomic mass is 19.1. The molecule has 3 aromatic carbocycles. The van der Waals surface area contributed by atoms with Crippen LogP contribution in [0.3, 0.4) is 0 Å². The molecular weight excluding hydrogens is 516 g/mol. The normalized spacial score (nSPS) is 10.7. The van der Waals surface area contributed by atoms with Crippen LogP contribution in [0.1, 0.15) is 38.3 Å². The molecule has 2 amide bonds. The number of carbonyl (C=O) groups is 3. The van der Waals surface area contributed by atoms with Gasteiger partial charge in [0.1, 0.15) is 11.6 Å². The first-order valence-corrected chi connectivity index (χ1v) is 12.6. The van der Waals surface area contributed by atoms with E-state index in [1.807, 2.05) is 12.1 Å². The van der Waals surface area contributed by atoms with Gasteiger partial charge in [-0.3, -0.25) is 19.4 Å². The van der Waals surface area contributed by atoms with Crippen LogP contribution in [0.15, 0.2) is 91.3 Å². The molecule has 7 nitrogen and oxygen atoms in total. The van der Waals surface area contributed by atoms with E-state index in [1.54, 1.807) is 60.9 Å². The summed E-state index contributed by atoms with van der Waals surface area (Å²) < 4.78 is 27.6. The Balaban J connectivity index is 1.61. The number of aromatic nitrogens is 1. The minimum Gasteiger partial charge on any atom is -0.481 e. The SMILES string of the molecule is O=C(O)CCN(CCc1ccncc1)C(=O)c1ccccc1-c1ccccc1C(=O)NCc1cc(F)ccc1F. The van der Waals surface area contributed by atoms with Gasteiger partial charge < -0.3 is 15.3 Å². The Morgan fingerprint density at radius 2 is 1.48 bits per heavy atom. The van der Waals surface area contributed by atoms with Crippen LogP contribution in [-0.4, -0.2) is 45.9 Å². The van der Waals surface area contributed by atoms with E-state index in [2.05, 4.69) is 10.3 Å². The highest BCUT2D eigenvalue weighted by molar-refractivity contribution is 6.06. The Labute approximate surface area is 230 Å². The number of carboxylic acid groups (broad SMARTS) is 1. The van der Waals surface area contributed by atoms with Crippen LogP contribution in [0, 0.1) is 11.6 Å². The molecule has 204 valence electrons. The summed E-state index contributed by atoms with van der Waals surface area (Å²) in [5, 5.41) is 11.9. The first-order valence-electron chi connectivity index (χ1n) is 12.6. The molecule has 2 N–H and O–H groups in total. The molecule has 0 aliphatic carbocycles. The number of rotatable bonds is 11. The largest absolute Gasteiger partial charge is 0.481 e. The van der Waals surface area contributed by atoms with Gasteiger partial charge in [0.25, 0.3) is 11.8 Å². The minimum absolute atomic E-state index is 0.00433. The van der Waals surface area contributed by atoms with Gasteiger partial charge in [-0.2, -0.15) is 0 Å². The first-order chi connectivity index (χ1) is 19.3. The third-order valence-electron chi connectivity index (χ3n) is 6.37. The Morgan fingerprint density at radius 1 is 0.825 bits per heavy atom. The van der Waals surface area contributed by atoms with Crippen LogP contribution in [0.4, 0.5) is 8.78 Å². The van der Waals surface area contributed by atoms with Gasteiger partial charge in [-0.15, -0.1) is 0 Å². The second kappa shape index (κ2) is 13.2. The average molecular weight is 544 g/mol. The molecule has 0 unspecified atom stereocenters. The van der Waals surface area contributed by atoms with Gasteiger partial charge in [0.15, 0.2) is 0 Å². The van der Waals surface area contributed by atoms with E-state index in [4.69, 9.17) is 0 Å². The van der Waals surface area contributed by atoms with E-state index in [-0.39, 0.29) is 43.1 Å². The fourth-order valence-corrected chi connectivity index (χ4v) is 4.30. The average Bonchev–Trinajstić information content (AvgIpc) is 2.97. The van der Waals surface area contributed by atoms with Crippen molar-refractivity contribution in [1.82, 2.24) is 15.2 Å². The highest BCUT2D eigenvalue weighted by Crippen LogP contribution is 2.28. The molecule has 0 atom stereocenters. The number of benzene rings is 3. The fourth-order valence-electron chi connectivity index (χ4n) is 4.30. The molecule has 0 saturated heterocycles. The third-order valence-corrected chi connectivity index (χ3v) is 6.37. The molecule has 0 bridgehead atoms. The van der Waals surface area contributed by atoms with E-state index < -0.39 is 23.5 Å². The Morgan fingerprint density at radius 3 is 2.17 bits per heavy atom. The second-order valence-corrected chi connectivity index (χ2v) is 9.05. The van der Waals surface area contributed by atoms with Crippen molar-refractivity contribution in [2.24, 2.45) is 0 Å². The van der Waals surface area contributed by atoms with Crippen molar-refractivity contribution in [3.05, 3.63) is 125 Å². The number of nitrogens with one attached hydrogen (secondary N) is 1. The lowest BCUT2D eigenvalue weighted by atomic mass is 9.94. The van der Waals surface area contributed by atoms with E-state index in [0.717, 1.165) is 23.8 Å². The molecule has 1 heterocycles. The lowest BCUT2D eigenvalue weighted by molar-refractivity contribution is -0.137. The summed E-state index contributed by atoms with van der Waals surface area (Å²) in [5.41, 5.74) is 2.46. The molecule has 0 radical (unpaired) electrons. The van der Waals surface area contributed by atoms with Crippen LogP contribution in [0.5, 0.6) is 0 Å². The predicted molar refractivity (Wildman–Crippen MR) is 146 cm³/mol. The standard InChI is InChI=1S/C31H27F2N3O4/c32-23-9-10-28(33)22(19-23)20-35-30(39)26-7-3-1-5-24(26)25-6-2-4-8-27(25)31(40)36(18-14-29(37)38)17-13-21-11-15-34-16-12-21/h1-12,15-16,19H,13-14,17-18,20H2,(H,35,39)(H,37,38). The Hall–Kier alpha value is -4.92. The summed E-state index contributed by atoms with van der Waals surface area (Å²) in [6.45, 7) is 0.0655. The van der Waals surface area contributed by atoms with Gasteiger partial charge in [-0.1, -0.05) is 36.4 Å². The summed E-state index contributed by atoms with van der Waals surface area (Å²) in [7, 11) is 0. The summed E-state index contributed by atoms with van der Waals surface area (Å²) in [6.07, 6.45) is 3.59. The van der Waals surface area contributed by atoms with E-state index in [1.165, 1.54) is 4.90 Å². The molecule has 0 fully saturated rings. The number of halogens is 2. The lowest BCUT2D eigenvalue weighted by Gasteiger charge is -2.24. The molecule has 0 spiro atoms. The molecule has 4 rings (SSSR count). The molecule has 1 aromatic heterocycles. The molecule has 4 aromatic rings. The zero-order valence-electron chi connectivity index (χ0n) is 21.5. The van der Waals surface area contributed by atoms with E-state index in [9.17, 15) is 28.3 Å². The predicted octanol–water partition coefficient (Wildman–Crippen LogP) is 5.12. The Bertz CT molecular complexity index is 1510. The van der Waals surface area contributed by atoms with Gasteiger partial charge in [0.05, 0.1) is 6.42 Å². The topological polar surface area (TPSA) is 99.6 Å². The summed E-state index contributed by atoms with van der Waals surface area (Å²) in [5.74, 6) is -3.18. The van der Waals surface area contributed by atoms with Crippen molar-refractivity contribution in [3.63, 3.8) is 0 Å². The minimum atomic E-state index is -1.02. The van der Waals surface area contributed by atoms with Crippen molar-refractivity contribution in [1.29, 1.82) is 0 Å². The maximum atomic E-state index is 14.1. The van der Waals surface area contributed by atoms with Crippen LogP contribution >= 0.6 is 0 Å². The van der Waals surface area contributed by atoms with Crippen molar-refractivity contribution in [3.8, 4) is 11.1 Å². The number of pyridine rings is 1. The molecule has 0 aliphatic heterocycles. The molecule has 40 heavy (non-hydrogen) atoms. The zero-order valence-corrected chi connectivity index (χ0v) is 21.5. The lowest BCUT2D eigenvalue weighted by Crippen LogP contribution is -2.35. The van der Waals surface area contributed by atoms with Gasteiger partial charge in [0.2, 0.25) is 0 Å². The fraction of sp³-hybridized carbons (Fsp3) is 0.161. The summed E-state index contributed by atoms with van der Waals surface area (Å²) >= 11 is 0. The zero-order chi connectivity index (χ0) is 28.5. The number of hydrogen-bond acceptors (Lipinski definition) is 4. The number of nitrogens with zero attached hydrogens (tertiary/aromatic N) is 2. The van der Waals surface area contributed by atoms with Crippen LogP contribution < -0.4 is 5.32 Å². The van der Waals surface area contributed by atoms with Gasteiger partial charge >= 0.3 is 5.97 Å². The van der Waals surface area contributed by atoms with Crippen molar-refractivity contribution in [2.45, 2.75) is 19.4 Å². The number of amides is 2. The van der Waals surface area contributed by atoms with Crippen LogP contribution in [-0.2, 0) is 17.8 Å². The van der Waals surface area contributed by atoms with Crippen molar-refractivity contribution in [2.75, 3.05) is 13.1 Å². The van der Waals surface area contributed by atoms with Gasteiger partial charge in [-0.05, 0) is 65.6 Å². The number of aliphatic carboxylic acids is 1. The highest BCUT2D eigenvalue weighted by Gasteiger charge is 2.22. The van der Waals surface area contributed by atoms with Crippen LogP contribution in [0.25, 0.3) is 11.1 Å². The maximum Gasteiger partial charge on any atom is 0.305 e. The number of carboxylic acids is 1. The van der Waals surface area contributed by atoms with Crippen molar-refractivity contribution < 1.29 is 28.3 Å². The molecular formula is C31H27F2N3O4. The van der Waals surface area contributed by atoms with E-state index in [0.29, 0.717) is 23.1 Å². The van der Waals surface area contributed by atoms with Gasteiger partial charge in [0, 0.05) is 48.7 Å². The first kappa shape index (κ1) is 28.1. The second-order valence-electron chi connectivity index (χ2n) is 9.05. The molecule has 0 aliphatic rings. The smallest absolute Gasteiger partial charge is 0.305 e. The van der Waals surface area contributed by atoms with Gasteiger partial charge in [-0.25, -0.2) is 8.78 Å². The number of hydrogen-bond donors (Lipinski definition) is 2. The third kappa shape index (κ3) is 7.13. The summed E-state index contributed by atoms with van der Waals surface area (Å²) in [6, 6.07) is 20.1. The molecule has 9 heteroatoms. The van der Waals surface area contributed by atoms with E-state index >= 15 is 0 Å². The maximum absolute atomic E-state index is 14.1.